The van der Waals surface area contributed by atoms with E-state index in [1.807, 2.05) is 0 Å². The van der Waals surface area contributed by atoms with E-state index in [1.165, 1.54) is 19.5 Å². The first-order chi connectivity index (χ1) is 6.63. The van der Waals surface area contributed by atoms with Crippen LogP contribution in [0.2, 0.25) is 5.15 Å². The summed E-state index contributed by atoms with van der Waals surface area (Å²) in [5.41, 5.74) is 0. The Bertz CT molecular complexity index is 332. The molecule has 0 aromatic carbocycles. The number of rotatable bonds is 3. The van der Waals surface area contributed by atoms with Gasteiger partial charge in [-0.25, -0.2) is 4.98 Å². The highest BCUT2D eigenvalue weighted by Crippen LogP contribution is 2.07. The molecule has 1 rings (SSSR count). The summed E-state index contributed by atoms with van der Waals surface area (Å²) in [4.78, 5) is 18.9. The standard InChI is InChI=1S/C8H10ClN3O2/c1-5(14-2)8(13)12-7-4-10-3-6(9)11-7/h3-5H,1-2H3,(H,11,12,13). The molecule has 1 unspecified atom stereocenters. The van der Waals surface area contributed by atoms with E-state index in [0.29, 0.717) is 5.82 Å². The minimum atomic E-state index is -0.532. The number of ether oxygens (including phenoxy) is 1. The second kappa shape index (κ2) is 4.88. The molecule has 0 radical (unpaired) electrons. The molecule has 0 saturated carbocycles. The Kier molecular flexibility index (Phi) is 3.79. The minimum Gasteiger partial charge on any atom is -0.372 e. The van der Waals surface area contributed by atoms with Crippen LogP contribution in [0.1, 0.15) is 6.92 Å². The summed E-state index contributed by atoms with van der Waals surface area (Å²) in [5.74, 6) is 0.0236. The van der Waals surface area contributed by atoms with Gasteiger partial charge in [-0.3, -0.25) is 9.78 Å². The molecule has 0 aliphatic carbocycles. The molecule has 1 aromatic heterocycles. The van der Waals surface area contributed by atoms with Crippen LogP contribution in [-0.2, 0) is 9.53 Å². The topological polar surface area (TPSA) is 64.1 Å². The molecular weight excluding hydrogens is 206 g/mol. The van der Waals surface area contributed by atoms with Crippen molar-refractivity contribution in [2.24, 2.45) is 0 Å². The van der Waals surface area contributed by atoms with E-state index in [-0.39, 0.29) is 11.1 Å². The number of anilines is 1. The number of carbonyl (C=O) groups is 1. The second-order valence-corrected chi connectivity index (χ2v) is 2.98. The maximum Gasteiger partial charge on any atom is 0.254 e. The van der Waals surface area contributed by atoms with Crippen LogP contribution >= 0.6 is 11.6 Å². The number of hydrogen-bond donors (Lipinski definition) is 1. The average molecular weight is 216 g/mol. The third-order valence-electron chi connectivity index (χ3n) is 1.58. The van der Waals surface area contributed by atoms with Crippen LogP contribution in [0.3, 0.4) is 0 Å². The first-order valence-corrected chi connectivity index (χ1v) is 4.32. The van der Waals surface area contributed by atoms with Crippen LogP contribution < -0.4 is 5.32 Å². The van der Waals surface area contributed by atoms with Crippen LogP contribution in [0, 0.1) is 0 Å². The fourth-order valence-electron chi connectivity index (χ4n) is 0.737. The SMILES string of the molecule is COC(C)C(=O)Nc1cncc(Cl)n1. The summed E-state index contributed by atoms with van der Waals surface area (Å²) in [6, 6.07) is 0. The van der Waals surface area contributed by atoms with Gasteiger partial charge in [0.2, 0.25) is 0 Å². The van der Waals surface area contributed by atoms with E-state index in [4.69, 9.17) is 16.3 Å². The third kappa shape index (κ3) is 2.93. The van der Waals surface area contributed by atoms with Crippen molar-refractivity contribution in [3.8, 4) is 0 Å². The lowest BCUT2D eigenvalue weighted by Gasteiger charge is -2.09. The number of carbonyl (C=O) groups excluding carboxylic acids is 1. The molecule has 6 heteroatoms. The summed E-state index contributed by atoms with van der Waals surface area (Å²) in [6.07, 6.45) is 2.26. The predicted octanol–water partition coefficient (Wildman–Crippen LogP) is 1.10. The lowest BCUT2D eigenvalue weighted by atomic mass is 10.4. The van der Waals surface area contributed by atoms with Crippen molar-refractivity contribution in [3.05, 3.63) is 17.5 Å². The molecule has 1 aromatic rings. The van der Waals surface area contributed by atoms with Gasteiger partial charge in [0.1, 0.15) is 11.3 Å². The van der Waals surface area contributed by atoms with Gasteiger partial charge in [0.25, 0.3) is 5.91 Å². The Morgan fingerprint density at radius 3 is 2.93 bits per heavy atom. The first kappa shape index (κ1) is 10.9. The van der Waals surface area contributed by atoms with Gasteiger partial charge in [0, 0.05) is 7.11 Å². The van der Waals surface area contributed by atoms with Gasteiger partial charge in [-0.2, -0.15) is 0 Å². The third-order valence-corrected chi connectivity index (χ3v) is 1.76. The Labute approximate surface area is 86.5 Å². The predicted molar refractivity (Wildman–Crippen MR) is 52.1 cm³/mol. The number of halogens is 1. The Morgan fingerprint density at radius 1 is 1.64 bits per heavy atom. The van der Waals surface area contributed by atoms with Gasteiger partial charge in [0.05, 0.1) is 12.4 Å². The Balaban J connectivity index is 2.65. The van der Waals surface area contributed by atoms with Crippen molar-refractivity contribution < 1.29 is 9.53 Å². The monoisotopic (exact) mass is 215 g/mol. The number of methoxy groups -OCH3 is 1. The molecule has 0 fully saturated rings. The van der Waals surface area contributed by atoms with Crippen molar-refractivity contribution >= 4 is 23.3 Å². The summed E-state index contributed by atoms with van der Waals surface area (Å²) >= 11 is 5.59. The minimum absolute atomic E-state index is 0.230. The van der Waals surface area contributed by atoms with Crippen molar-refractivity contribution in [1.82, 2.24) is 9.97 Å². The normalized spacial score (nSPS) is 12.2. The molecule has 0 spiro atoms. The second-order valence-electron chi connectivity index (χ2n) is 2.59. The molecule has 0 aliphatic heterocycles. The van der Waals surface area contributed by atoms with Crippen LogP contribution in [0.15, 0.2) is 12.4 Å². The molecule has 1 atom stereocenters. The van der Waals surface area contributed by atoms with Gasteiger partial charge in [-0.15, -0.1) is 0 Å². The Hall–Kier alpha value is -1.20. The van der Waals surface area contributed by atoms with Crippen molar-refractivity contribution in [2.75, 3.05) is 12.4 Å². The molecule has 1 N–H and O–H groups in total. The molecule has 0 aliphatic rings. The zero-order valence-electron chi connectivity index (χ0n) is 7.82. The molecular formula is C8H10ClN3O2. The van der Waals surface area contributed by atoms with Crippen molar-refractivity contribution in [3.63, 3.8) is 0 Å². The number of nitrogens with zero attached hydrogens (tertiary/aromatic N) is 2. The zero-order valence-corrected chi connectivity index (χ0v) is 8.58. The molecule has 0 saturated heterocycles. The summed E-state index contributed by atoms with van der Waals surface area (Å²) in [7, 11) is 1.45. The average Bonchev–Trinajstić information content (AvgIpc) is 2.16. The summed E-state index contributed by atoms with van der Waals surface area (Å²) < 4.78 is 4.82. The highest BCUT2D eigenvalue weighted by Gasteiger charge is 2.12. The first-order valence-electron chi connectivity index (χ1n) is 3.94. The van der Waals surface area contributed by atoms with E-state index in [2.05, 4.69) is 15.3 Å². The lowest BCUT2D eigenvalue weighted by Crippen LogP contribution is -2.27. The highest BCUT2D eigenvalue weighted by atomic mass is 35.5. The smallest absolute Gasteiger partial charge is 0.254 e. The zero-order chi connectivity index (χ0) is 10.6. The van der Waals surface area contributed by atoms with Gasteiger partial charge < -0.3 is 10.1 Å². The van der Waals surface area contributed by atoms with Gasteiger partial charge in [-0.1, -0.05) is 11.6 Å². The number of aromatic nitrogens is 2. The van der Waals surface area contributed by atoms with Crippen molar-refractivity contribution in [1.29, 1.82) is 0 Å². The van der Waals surface area contributed by atoms with E-state index >= 15 is 0 Å². The van der Waals surface area contributed by atoms with Gasteiger partial charge in [-0.05, 0) is 6.92 Å². The van der Waals surface area contributed by atoms with Crippen LogP contribution in [0.4, 0.5) is 5.82 Å². The largest absolute Gasteiger partial charge is 0.372 e. The van der Waals surface area contributed by atoms with E-state index in [0.717, 1.165) is 0 Å². The Morgan fingerprint density at radius 2 is 2.36 bits per heavy atom. The molecule has 5 nitrogen and oxygen atoms in total. The van der Waals surface area contributed by atoms with Crippen LogP contribution in [0.25, 0.3) is 0 Å². The van der Waals surface area contributed by atoms with Crippen molar-refractivity contribution in [2.45, 2.75) is 13.0 Å². The maximum atomic E-state index is 11.3. The number of amides is 1. The van der Waals surface area contributed by atoms with E-state index in [9.17, 15) is 4.79 Å². The molecule has 76 valence electrons. The van der Waals surface area contributed by atoms with Gasteiger partial charge in [0.15, 0.2) is 5.82 Å². The molecule has 0 bridgehead atoms. The van der Waals surface area contributed by atoms with Crippen LogP contribution in [-0.4, -0.2) is 29.1 Å². The molecule has 14 heavy (non-hydrogen) atoms. The van der Waals surface area contributed by atoms with E-state index in [1.54, 1.807) is 6.92 Å². The lowest BCUT2D eigenvalue weighted by molar-refractivity contribution is -0.124. The fourth-order valence-corrected chi connectivity index (χ4v) is 0.885. The van der Waals surface area contributed by atoms with Crippen LogP contribution in [0.5, 0.6) is 0 Å². The summed E-state index contributed by atoms with van der Waals surface area (Å²) in [5, 5.41) is 2.74. The quantitative estimate of drug-likeness (QED) is 0.820. The molecule has 1 amide bonds. The molecule has 1 heterocycles. The highest BCUT2D eigenvalue weighted by molar-refractivity contribution is 6.29. The van der Waals surface area contributed by atoms with E-state index < -0.39 is 6.10 Å². The maximum absolute atomic E-state index is 11.3. The number of nitrogens with one attached hydrogen (secondary N) is 1. The summed E-state index contributed by atoms with van der Waals surface area (Å²) in [6.45, 7) is 1.63. The van der Waals surface area contributed by atoms with Gasteiger partial charge >= 0.3 is 0 Å². The fraction of sp³-hybridized carbons (Fsp3) is 0.375. The number of hydrogen-bond acceptors (Lipinski definition) is 4.